The van der Waals surface area contributed by atoms with Gasteiger partial charge in [-0.1, -0.05) is 38.8 Å². The molecular weight excluding hydrogens is 588 g/mol. The van der Waals surface area contributed by atoms with Crippen molar-refractivity contribution in [2.75, 3.05) is 13.2 Å². The number of hydrogen-bond donors (Lipinski definition) is 4. The number of allylic oxidation sites excluding steroid dienone is 4. The van der Waals surface area contributed by atoms with Gasteiger partial charge in [0.2, 0.25) is 0 Å². The van der Waals surface area contributed by atoms with Gasteiger partial charge in [-0.25, -0.2) is 9.97 Å². The minimum atomic E-state index is -0.857. The Morgan fingerprint density at radius 1 is 0.787 bits per heavy atom. The minimum Gasteiger partial charge on any atom is -0.499 e. The van der Waals surface area contributed by atoms with Gasteiger partial charge in [0.05, 0.1) is 35.1 Å². The molecular formula is C39H46N4O4. The van der Waals surface area contributed by atoms with Gasteiger partial charge in [-0.05, 0) is 110 Å². The molecule has 8 nitrogen and oxygen atoms in total. The summed E-state index contributed by atoms with van der Waals surface area (Å²) in [6.07, 6.45) is 6.54. The lowest BCUT2D eigenvalue weighted by Gasteiger charge is -2.13. The minimum absolute atomic E-state index is 0.183. The molecule has 0 amide bonds. The van der Waals surface area contributed by atoms with E-state index in [0.29, 0.717) is 32.3 Å². The smallest absolute Gasteiger partial charge is 0.154 e. The Hall–Kier alpha value is -4.50. The molecule has 2 unspecified atom stereocenters. The molecule has 0 saturated carbocycles. The molecule has 47 heavy (non-hydrogen) atoms. The molecule has 246 valence electrons. The van der Waals surface area contributed by atoms with Gasteiger partial charge in [0.15, 0.2) is 6.29 Å². The van der Waals surface area contributed by atoms with Crippen molar-refractivity contribution < 1.29 is 19.7 Å². The summed E-state index contributed by atoms with van der Waals surface area (Å²) in [7, 11) is 0. The van der Waals surface area contributed by atoms with Gasteiger partial charge in [0.25, 0.3) is 0 Å². The summed E-state index contributed by atoms with van der Waals surface area (Å²) in [5.74, 6) is 0. The molecule has 0 saturated heterocycles. The fourth-order valence-electron chi connectivity index (χ4n) is 6.19. The molecule has 0 spiro atoms. The fourth-order valence-corrected chi connectivity index (χ4v) is 6.19. The van der Waals surface area contributed by atoms with Crippen LogP contribution in [-0.4, -0.2) is 55.8 Å². The van der Waals surface area contributed by atoms with E-state index >= 15 is 0 Å². The highest BCUT2D eigenvalue weighted by Gasteiger charge is 2.23. The van der Waals surface area contributed by atoms with Crippen LogP contribution in [0, 0.1) is 6.92 Å². The highest BCUT2D eigenvalue weighted by atomic mass is 16.6. The summed E-state index contributed by atoms with van der Waals surface area (Å²) in [5.41, 5.74) is 14.2. The highest BCUT2D eigenvalue weighted by Crippen LogP contribution is 2.38. The van der Waals surface area contributed by atoms with Crippen LogP contribution in [0.25, 0.3) is 56.5 Å². The summed E-state index contributed by atoms with van der Waals surface area (Å²) < 4.78 is 10.8. The first-order chi connectivity index (χ1) is 22.7. The van der Waals surface area contributed by atoms with E-state index in [0.717, 1.165) is 90.2 Å². The van der Waals surface area contributed by atoms with E-state index in [4.69, 9.17) is 19.4 Å². The first-order valence-corrected chi connectivity index (χ1v) is 16.3. The van der Waals surface area contributed by atoms with E-state index in [1.165, 1.54) is 6.26 Å². The van der Waals surface area contributed by atoms with E-state index in [1.807, 2.05) is 25.1 Å². The summed E-state index contributed by atoms with van der Waals surface area (Å²) in [6, 6.07) is 10.3. The number of nitrogens with zero attached hydrogens (tertiary/aromatic N) is 2. The zero-order chi connectivity index (χ0) is 33.7. The second kappa shape index (κ2) is 14.9. The number of aromatic nitrogens is 4. The lowest BCUT2D eigenvalue weighted by molar-refractivity contribution is -0.102. The maximum absolute atomic E-state index is 10.6. The van der Waals surface area contributed by atoms with Crippen molar-refractivity contribution in [1.29, 1.82) is 0 Å². The third-order valence-electron chi connectivity index (χ3n) is 8.89. The van der Waals surface area contributed by atoms with Crippen LogP contribution in [0.4, 0.5) is 0 Å². The molecule has 5 rings (SSSR count). The fraction of sp³-hybridized carbons (Fsp3) is 0.333. The Morgan fingerprint density at radius 3 is 2.11 bits per heavy atom. The average molecular weight is 635 g/mol. The number of ether oxygens (including phenoxy) is 2. The number of rotatable bonds is 14. The van der Waals surface area contributed by atoms with Crippen molar-refractivity contribution in [3.05, 3.63) is 95.8 Å². The monoisotopic (exact) mass is 634 g/mol. The van der Waals surface area contributed by atoms with Crippen molar-refractivity contribution in [1.82, 2.24) is 19.9 Å². The zero-order valence-electron chi connectivity index (χ0n) is 27.9. The molecule has 2 aliphatic heterocycles. The molecule has 4 N–H and O–H groups in total. The molecule has 0 aliphatic carbocycles. The van der Waals surface area contributed by atoms with Crippen molar-refractivity contribution in [2.45, 2.75) is 72.2 Å². The molecule has 0 fully saturated rings. The zero-order valence-corrected chi connectivity index (χ0v) is 27.9. The third kappa shape index (κ3) is 7.41. The Bertz CT molecular complexity index is 1910. The van der Waals surface area contributed by atoms with E-state index in [1.54, 1.807) is 0 Å². The van der Waals surface area contributed by atoms with Crippen molar-refractivity contribution >= 4 is 56.5 Å². The highest BCUT2D eigenvalue weighted by molar-refractivity contribution is 5.96. The molecule has 0 aromatic carbocycles. The quantitative estimate of drug-likeness (QED) is 0.104. The van der Waals surface area contributed by atoms with Crippen molar-refractivity contribution in [3.63, 3.8) is 0 Å². The predicted molar refractivity (Wildman–Crippen MR) is 194 cm³/mol. The Balaban J connectivity index is 1.76. The van der Waals surface area contributed by atoms with Crippen LogP contribution in [0.2, 0.25) is 0 Å². The summed E-state index contributed by atoms with van der Waals surface area (Å²) in [5, 5.41) is 21.1. The number of nitrogens with one attached hydrogen (secondary N) is 2. The van der Waals surface area contributed by atoms with Gasteiger partial charge >= 0.3 is 0 Å². The van der Waals surface area contributed by atoms with Crippen LogP contribution in [0.15, 0.2) is 56.3 Å². The molecule has 5 heterocycles. The first kappa shape index (κ1) is 33.9. The normalized spacial score (nSPS) is 14.3. The van der Waals surface area contributed by atoms with Gasteiger partial charge < -0.3 is 29.7 Å². The topological polar surface area (TPSA) is 116 Å². The summed E-state index contributed by atoms with van der Waals surface area (Å²) in [4.78, 5) is 17.4. The second-order valence-corrected chi connectivity index (χ2v) is 12.1. The van der Waals surface area contributed by atoms with Crippen LogP contribution >= 0.6 is 0 Å². The van der Waals surface area contributed by atoms with E-state index in [-0.39, 0.29) is 6.61 Å². The third-order valence-corrected chi connectivity index (χ3v) is 8.89. The molecule has 8 bridgehead atoms. The van der Waals surface area contributed by atoms with Crippen LogP contribution in [-0.2, 0) is 9.47 Å². The molecule has 8 heteroatoms. The van der Waals surface area contributed by atoms with Gasteiger partial charge in [-0.15, -0.1) is 0 Å². The van der Waals surface area contributed by atoms with Crippen LogP contribution in [0.1, 0.15) is 92.3 Å². The number of hydrogen-bond acceptors (Lipinski definition) is 6. The lowest BCUT2D eigenvalue weighted by atomic mass is 9.97. The Labute approximate surface area is 276 Å². The largest absolute Gasteiger partial charge is 0.499 e. The molecule has 0 radical (unpaired) electrons. The predicted octanol–water partition coefficient (Wildman–Crippen LogP) is 8.60. The SMILES string of the molecule is C=COCC(O)CCC1=C(C)c2cc3cc(C=C)c(cc4[nH]c(cc5nc(cc1n2)C(CCC(O)OCCC)=C5C)c(C=C)c4C)[nH]3. The van der Waals surface area contributed by atoms with Gasteiger partial charge in [-0.3, -0.25) is 0 Å². The Morgan fingerprint density at radius 2 is 1.47 bits per heavy atom. The van der Waals surface area contributed by atoms with Gasteiger partial charge in [-0.2, -0.15) is 0 Å². The van der Waals surface area contributed by atoms with Crippen molar-refractivity contribution in [2.24, 2.45) is 0 Å². The van der Waals surface area contributed by atoms with Gasteiger partial charge in [0.1, 0.15) is 6.61 Å². The van der Waals surface area contributed by atoms with Crippen molar-refractivity contribution in [3.8, 4) is 0 Å². The first-order valence-electron chi connectivity index (χ1n) is 16.3. The van der Waals surface area contributed by atoms with E-state index < -0.39 is 12.4 Å². The van der Waals surface area contributed by atoms with Crippen LogP contribution in [0.5, 0.6) is 0 Å². The second-order valence-electron chi connectivity index (χ2n) is 12.1. The number of aliphatic hydroxyl groups is 2. The number of fused-ring (bicyclic) bond motifs is 8. The van der Waals surface area contributed by atoms with Crippen LogP contribution in [0.3, 0.4) is 0 Å². The lowest BCUT2D eigenvalue weighted by Crippen LogP contribution is -2.13. The van der Waals surface area contributed by atoms with E-state index in [9.17, 15) is 10.2 Å². The maximum Gasteiger partial charge on any atom is 0.154 e. The molecule has 2 atom stereocenters. The number of aliphatic hydroxyl groups excluding tert-OH is 2. The molecule has 2 aliphatic rings. The summed E-state index contributed by atoms with van der Waals surface area (Å²) >= 11 is 0. The maximum atomic E-state index is 10.6. The number of H-pyrrole nitrogens is 2. The number of aromatic amines is 2. The average Bonchev–Trinajstić information content (AvgIpc) is 3.75. The Kier molecular flexibility index (Phi) is 10.8. The number of aryl methyl sites for hydroxylation is 1. The standard InChI is InChI=1S/C39H46N4O4/c1-8-16-47-39(45)15-14-31-25(7)34-20-36-29(10-3)23(5)33(42-36)19-35-26(9-2)17-27(40-35)18-32-24(6)30(13-12-28(44)22-46-11-4)37(41-32)21-38(31)43-34/h9-11,17-21,28,39-40,42,44-45H,2-4,8,12-16,22H2,1,5-7H3. The van der Waals surface area contributed by atoms with E-state index in [2.05, 4.69) is 74.7 Å². The molecule has 3 aromatic rings. The summed E-state index contributed by atoms with van der Waals surface area (Å²) in [6.45, 7) is 20.7. The van der Waals surface area contributed by atoms with Crippen LogP contribution < -0.4 is 0 Å². The molecule has 3 aromatic heterocycles. The van der Waals surface area contributed by atoms with Gasteiger partial charge in [0, 0.05) is 40.7 Å².